The Kier molecular flexibility index (Phi) is 7.84. The third-order valence-electron chi connectivity index (χ3n) is 6.35. The van der Waals surface area contributed by atoms with Gasteiger partial charge in [0.15, 0.2) is 4.90 Å². The summed E-state index contributed by atoms with van der Waals surface area (Å²) in [6.45, 7) is 2.82. The van der Waals surface area contributed by atoms with Gasteiger partial charge in [-0.15, -0.1) is 0 Å². The molecule has 0 spiro atoms. The van der Waals surface area contributed by atoms with E-state index in [9.17, 15) is 18.1 Å². The van der Waals surface area contributed by atoms with Crippen molar-refractivity contribution in [2.24, 2.45) is 0 Å². The number of halogens is 2. The van der Waals surface area contributed by atoms with Crippen molar-refractivity contribution in [2.45, 2.75) is 11.6 Å². The highest BCUT2D eigenvalue weighted by molar-refractivity contribution is 7.90. The summed E-state index contributed by atoms with van der Waals surface area (Å²) in [5.74, 6) is -0.725. The number of piperazine rings is 1. The van der Waals surface area contributed by atoms with E-state index in [1.165, 1.54) is 24.6 Å². The molecule has 0 aliphatic carbocycles. The monoisotopic (exact) mass is 539 g/mol. The number of aromatic amines is 1. The summed E-state index contributed by atoms with van der Waals surface area (Å²) in [4.78, 5) is 26.7. The normalized spacial score (nSPS) is 14.9. The van der Waals surface area contributed by atoms with Gasteiger partial charge in [0.05, 0.1) is 29.1 Å². The zero-order chi connectivity index (χ0) is 26.6. The number of anilines is 3. The maximum absolute atomic E-state index is 14.8. The highest BCUT2D eigenvalue weighted by Gasteiger charge is 2.20. The second-order valence-corrected chi connectivity index (χ2v) is 10.3. The van der Waals surface area contributed by atoms with Crippen LogP contribution in [0.15, 0.2) is 53.7 Å². The standard InChI is InChI=1S/C26H27F2N7O2S/c1-38(37)21-7-3-5-19(23(21)28)33-26-31-13-16(12-27)24(34-26)18-14-30-25-17(18)4-2-6-20(25)32-22(36)15-35-10-8-29-9-11-35/h2-7,13-14,29-30H,8-12,15H2,1H3,(H,32,36)(H,31,33,34). The molecule has 198 valence electrons. The molecule has 12 heteroatoms. The number of aromatic nitrogens is 3. The number of nitrogens with zero attached hydrogens (tertiary/aromatic N) is 3. The van der Waals surface area contributed by atoms with Crippen LogP contribution in [0.2, 0.25) is 0 Å². The van der Waals surface area contributed by atoms with Crippen LogP contribution in [0.25, 0.3) is 22.2 Å². The molecule has 1 saturated heterocycles. The van der Waals surface area contributed by atoms with Gasteiger partial charge in [0, 0.05) is 55.1 Å². The lowest BCUT2D eigenvalue weighted by atomic mass is 10.1. The van der Waals surface area contributed by atoms with Crippen LogP contribution in [-0.2, 0) is 22.6 Å². The number of alkyl halides is 1. The Labute approximate surface area is 221 Å². The number of carbonyl (C=O) groups is 1. The van der Waals surface area contributed by atoms with Gasteiger partial charge in [0.1, 0.15) is 12.9 Å². The van der Waals surface area contributed by atoms with Crippen molar-refractivity contribution < 1.29 is 18.1 Å². The van der Waals surface area contributed by atoms with E-state index in [1.807, 2.05) is 6.07 Å². The predicted octanol–water partition coefficient (Wildman–Crippen LogP) is 3.56. The van der Waals surface area contributed by atoms with Crippen molar-refractivity contribution in [1.82, 2.24) is 25.2 Å². The Morgan fingerprint density at radius 1 is 1.18 bits per heavy atom. The molecule has 3 heterocycles. The van der Waals surface area contributed by atoms with Crippen molar-refractivity contribution in [3.63, 3.8) is 0 Å². The van der Waals surface area contributed by atoms with Crippen LogP contribution in [0.4, 0.5) is 26.1 Å². The van der Waals surface area contributed by atoms with Gasteiger partial charge in [-0.2, -0.15) is 4.39 Å². The van der Waals surface area contributed by atoms with E-state index >= 15 is 0 Å². The minimum Gasteiger partial charge on any atom is -0.612 e. The quantitative estimate of drug-likeness (QED) is 0.253. The molecule has 5 rings (SSSR count). The molecule has 1 amide bonds. The molecule has 4 N–H and O–H groups in total. The first-order valence-electron chi connectivity index (χ1n) is 12.1. The van der Waals surface area contributed by atoms with Crippen LogP contribution < -0.4 is 16.0 Å². The van der Waals surface area contributed by atoms with Crippen molar-refractivity contribution in [2.75, 3.05) is 49.6 Å². The van der Waals surface area contributed by atoms with Gasteiger partial charge in [0.25, 0.3) is 0 Å². The number of nitrogens with one attached hydrogen (secondary N) is 4. The lowest BCUT2D eigenvalue weighted by molar-refractivity contribution is -0.117. The number of carbonyl (C=O) groups excluding carboxylic acids is 1. The summed E-state index contributed by atoms with van der Waals surface area (Å²) in [5, 5.41) is 9.79. The first-order chi connectivity index (χ1) is 18.4. The maximum Gasteiger partial charge on any atom is 0.238 e. The highest BCUT2D eigenvalue weighted by atomic mass is 32.2. The van der Waals surface area contributed by atoms with E-state index in [0.29, 0.717) is 29.0 Å². The highest BCUT2D eigenvalue weighted by Crippen LogP contribution is 2.34. The number of fused-ring (bicyclic) bond motifs is 1. The largest absolute Gasteiger partial charge is 0.612 e. The first kappa shape index (κ1) is 26.0. The molecule has 0 saturated carbocycles. The number of hydrogen-bond donors (Lipinski definition) is 4. The van der Waals surface area contributed by atoms with Crippen LogP contribution in [0.5, 0.6) is 0 Å². The van der Waals surface area contributed by atoms with Gasteiger partial charge in [-0.1, -0.05) is 18.2 Å². The number of para-hydroxylation sites is 1. The number of hydrogen-bond acceptors (Lipinski definition) is 7. The fourth-order valence-corrected chi connectivity index (χ4v) is 5.10. The zero-order valence-electron chi connectivity index (χ0n) is 20.7. The van der Waals surface area contributed by atoms with Gasteiger partial charge in [-0.3, -0.25) is 9.69 Å². The van der Waals surface area contributed by atoms with Gasteiger partial charge >= 0.3 is 0 Å². The molecule has 1 fully saturated rings. The average Bonchev–Trinajstić information content (AvgIpc) is 3.35. The first-order valence-corrected chi connectivity index (χ1v) is 13.6. The molecule has 1 aliphatic heterocycles. The molecule has 1 unspecified atom stereocenters. The Morgan fingerprint density at radius 3 is 2.71 bits per heavy atom. The van der Waals surface area contributed by atoms with E-state index in [1.54, 1.807) is 24.4 Å². The summed E-state index contributed by atoms with van der Waals surface area (Å²) >= 11 is -1.51. The summed E-state index contributed by atoms with van der Waals surface area (Å²) < 4.78 is 40.6. The van der Waals surface area contributed by atoms with Gasteiger partial charge < -0.3 is 25.5 Å². The molecule has 0 radical (unpaired) electrons. The van der Waals surface area contributed by atoms with Crippen molar-refractivity contribution in [1.29, 1.82) is 0 Å². The Bertz CT molecular complexity index is 1460. The van der Waals surface area contributed by atoms with E-state index in [2.05, 4.69) is 35.8 Å². The topological polar surface area (TPSA) is 121 Å². The summed E-state index contributed by atoms with van der Waals surface area (Å²) in [6, 6.07) is 9.97. The van der Waals surface area contributed by atoms with E-state index in [0.717, 1.165) is 31.6 Å². The van der Waals surface area contributed by atoms with E-state index in [4.69, 9.17) is 0 Å². The van der Waals surface area contributed by atoms with Crippen LogP contribution in [-0.4, -0.2) is 69.3 Å². The summed E-state index contributed by atoms with van der Waals surface area (Å²) in [6.07, 6.45) is 4.44. The summed E-state index contributed by atoms with van der Waals surface area (Å²) in [7, 11) is 0. The second-order valence-electron chi connectivity index (χ2n) is 8.90. The molecule has 1 aliphatic rings. The molecular weight excluding hydrogens is 512 g/mol. The van der Waals surface area contributed by atoms with Crippen molar-refractivity contribution in [3.8, 4) is 11.3 Å². The maximum atomic E-state index is 14.8. The van der Waals surface area contributed by atoms with Crippen LogP contribution in [0.3, 0.4) is 0 Å². The number of H-pyrrole nitrogens is 1. The van der Waals surface area contributed by atoms with E-state index in [-0.39, 0.29) is 28.0 Å². The van der Waals surface area contributed by atoms with Crippen molar-refractivity contribution >= 4 is 45.3 Å². The minimum atomic E-state index is -1.51. The Balaban J connectivity index is 1.44. The van der Waals surface area contributed by atoms with Gasteiger partial charge in [-0.05, 0) is 29.4 Å². The third-order valence-corrected chi connectivity index (χ3v) is 7.28. The summed E-state index contributed by atoms with van der Waals surface area (Å²) in [5.41, 5.74) is 2.54. The lowest BCUT2D eigenvalue weighted by Gasteiger charge is -2.26. The smallest absolute Gasteiger partial charge is 0.238 e. The van der Waals surface area contributed by atoms with E-state index < -0.39 is 23.7 Å². The molecule has 2 aromatic heterocycles. The van der Waals surface area contributed by atoms with Gasteiger partial charge in [0.2, 0.25) is 17.7 Å². The average molecular weight is 540 g/mol. The lowest BCUT2D eigenvalue weighted by Crippen LogP contribution is -2.46. The SMILES string of the molecule is C[S+]([O-])c1cccc(Nc2ncc(CF)c(-c3c[nH]c4c(NC(=O)CN5CCNCC5)cccc34)n2)c1F. The van der Waals surface area contributed by atoms with Crippen LogP contribution in [0.1, 0.15) is 5.56 Å². The number of rotatable bonds is 8. The molecule has 38 heavy (non-hydrogen) atoms. The second kappa shape index (κ2) is 11.4. The van der Waals surface area contributed by atoms with Crippen LogP contribution in [0, 0.1) is 5.82 Å². The van der Waals surface area contributed by atoms with Crippen LogP contribution >= 0.6 is 0 Å². The zero-order valence-corrected chi connectivity index (χ0v) is 21.5. The fraction of sp³-hybridized carbons (Fsp3) is 0.269. The van der Waals surface area contributed by atoms with Gasteiger partial charge in [-0.25, -0.2) is 14.4 Å². The molecule has 1 atom stereocenters. The Morgan fingerprint density at radius 2 is 1.95 bits per heavy atom. The molecular formula is C26H27F2N7O2S. The third kappa shape index (κ3) is 5.48. The Hall–Kier alpha value is -3.58. The number of benzene rings is 2. The predicted molar refractivity (Wildman–Crippen MR) is 144 cm³/mol. The fourth-order valence-electron chi connectivity index (χ4n) is 4.46. The molecule has 4 aromatic rings. The van der Waals surface area contributed by atoms with Crippen molar-refractivity contribution in [3.05, 3.63) is 60.2 Å². The molecule has 9 nitrogen and oxygen atoms in total. The molecule has 0 bridgehead atoms. The minimum absolute atomic E-state index is 0.0544. The molecule has 2 aromatic carbocycles. The number of amides is 1.